The number of nitrogens with one attached hydrogen (secondary N) is 1. The second-order valence-corrected chi connectivity index (χ2v) is 11.3. The van der Waals surface area contributed by atoms with Crippen molar-refractivity contribution >= 4 is 42.4 Å². The minimum absolute atomic E-state index is 0.0461. The Hall–Kier alpha value is -2.49. The fourth-order valence-corrected chi connectivity index (χ4v) is 5.73. The van der Waals surface area contributed by atoms with Crippen LogP contribution in [-0.2, 0) is 9.84 Å². The second kappa shape index (κ2) is 9.56. The number of aromatic nitrogens is 1. The van der Waals surface area contributed by atoms with Crippen molar-refractivity contribution in [3.8, 4) is 0 Å². The maximum absolute atomic E-state index is 12.4. The summed E-state index contributed by atoms with van der Waals surface area (Å²) < 4.78 is 25.0. The number of nitrogens with zero attached hydrogens (tertiary/aromatic N) is 3. The van der Waals surface area contributed by atoms with E-state index in [1.165, 1.54) is 22.4 Å². The first-order valence-corrected chi connectivity index (χ1v) is 13.3. The Balaban J connectivity index is 1.24. The molecule has 0 radical (unpaired) electrons. The van der Waals surface area contributed by atoms with Crippen molar-refractivity contribution in [1.82, 2.24) is 15.2 Å². The van der Waals surface area contributed by atoms with E-state index in [0.29, 0.717) is 12.1 Å². The summed E-state index contributed by atoms with van der Waals surface area (Å²) in [5, 5.41) is 4.01. The smallest absolute Gasteiger partial charge is 0.251 e. The molecule has 4 rings (SSSR count). The molecule has 32 heavy (non-hydrogen) atoms. The standard InChI is InChI=1S/C23H28N4O3S2/c1-3-32(29,30)19-7-5-18(6-8-19)22(28)24-10-11-26-12-14-27(15-13-26)23-25-20-9-4-17(2)16-21(20)31-23/h4-9,16H,3,10-15H2,1-2H3,(H,24,28). The minimum Gasteiger partial charge on any atom is -0.351 e. The van der Waals surface area contributed by atoms with Crippen molar-refractivity contribution in [2.24, 2.45) is 0 Å². The van der Waals surface area contributed by atoms with Gasteiger partial charge in [0.25, 0.3) is 5.91 Å². The first kappa shape index (κ1) is 22.7. The summed E-state index contributed by atoms with van der Waals surface area (Å²) in [5.74, 6) is -0.140. The average Bonchev–Trinajstić information content (AvgIpc) is 3.22. The van der Waals surface area contributed by atoms with Gasteiger partial charge in [0.1, 0.15) is 0 Å². The van der Waals surface area contributed by atoms with Crippen LogP contribution < -0.4 is 10.2 Å². The number of carbonyl (C=O) groups excluding carboxylic acids is 1. The van der Waals surface area contributed by atoms with Crippen LogP contribution in [0.2, 0.25) is 0 Å². The molecule has 1 saturated heterocycles. The second-order valence-electron chi connectivity index (χ2n) is 7.98. The predicted octanol–water partition coefficient (Wildman–Crippen LogP) is 2.95. The Kier molecular flexibility index (Phi) is 6.78. The van der Waals surface area contributed by atoms with Gasteiger partial charge in [0.15, 0.2) is 15.0 Å². The molecule has 0 spiro atoms. The van der Waals surface area contributed by atoms with E-state index >= 15 is 0 Å². The van der Waals surface area contributed by atoms with E-state index in [0.717, 1.165) is 43.4 Å². The highest BCUT2D eigenvalue weighted by Crippen LogP contribution is 2.30. The van der Waals surface area contributed by atoms with Gasteiger partial charge in [0.05, 0.1) is 20.9 Å². The fourth-order valence-electron chi connectivity index (χ4n) is 3.73. The van der Waals surface area contributed by atoms with Gasteiger partial charge in [-0.15, -0.1) is 0 Å². The molecule has 3 aromatic rings. The van der Waals surface area contributed by atoms with Crippen molar-refractivity contribution < 1.29 is 13.2 Å². The lowest BCUT2D eigenvalue weighted by Crippen LogP contribution is -2.48. The zero-order valence-corrected chi connectivity index (χ0v) is 20.0. The molecular weight excluding hydrogens is 444 g/mol. The molecule has 2 heterocycles. The van der Waals surface area contributed by atoms with Crippen LogP contribution in [0.1, 0.15) is 22.8 Å². The summed E-state index contributed by atoms with van der Waals surface area (Å²) >= 11 is 1.74. The Labute approximate surface area is 193 Å². The minimum atomic E-state index is -3.25. The third-order valence-electron chi connectivity index (χ3n) is 5.74. The number of hydrogen-bond acceptors (Lipinski definition) is 7. The van der Waals surface area contributed by atoms with E-state index in [9.17, 15) is 13.2 Å². The zero-order chi connectivity index (χ0) is 22.7. The van der Waals surface area contributed by atoms with Crippen molar-refractivity contribution in [1.29, 1.82) is 0 Å². The van der Waals surface area contributed by atoms with Crippen LogP contribution >= 0.6 is 11.3 Å². The molecule has 7 nitrogen and oxygen atoms in total. The van der Waals surface area contributed by atoms with Gasteiger partial charge in [-0.25, -0.2) is 13.4 Å². The van der Waals surface area contributed by atoms with Crippen molar-refractivity contribution in [2.45, 2.75) is 18.7 Å². The van der Waals surface area contributed by atoms with Crippen LogP contribution in [0.4, 0.5) is 5.13 Å². The third-order valence-corrected chi connectivity index (χ3v) is 8.57. The fraction of sp³-hybridized carbons (Fsp3) is 0.391. The molecule has 1 N–H and O–H groups in total. The Morgan fingerprint density at radius 3 is 2.50 bits per heavy atom. The largest absolute Gasteiger partial charge is 0.351 e. The topological polar surface area (TPSA) is 82.6 Å². The molecule has 2 aromatic carbocycles. The van der Waals surface area contributed by atoms with Gasteiger partial charge in [-0.3, -0.25) is 9.69 Å². The van der Waals surface area contributed by atoms with Crippen molar-refractivity contribution in [3.63, 3.8) is 0 Å². The molecule has 170 valence electrons. The summed E-state index contributed by atoms with van der Waals surface area (Å²) in [6.45, 7) is 8.72. The first-order chi connectivity index (χ1) is 15.4. The van der Waals surface area contributed by atoms with Gasteiger partial charge in [0, 0.05) is 44.8 Å². The van der Waals surface area contributed by atoms with E-state index in [1.807, 2.05) is 0 Å². The third kappa shape index (κ3) is 5.11. The molecule has 0 atom stereocenters. The monoisotopic (exact) mass is 472 g/mol. The number of carbonyl (C=O) groups is 1. The Morgan fingerprint density at radius 2 is 1.81 bits per heavy atom. The number of fused-ring (bicyclic) bond motifs is 1. The van der Waals surface area contributed by atoms with Crippen LogP contribution in [0.25, 0.3) is 10.2 Å². The highest BCUT2D eigenvalue weighted by molar-refractivity contribution is 7.91. The number of anilines is 1. The summed E-state index contributed by atoms with van der Waals surface area (Å²) in [6.07, 6.45) is 0. The number of amides is 1. The van der Waals surface area contributed by atoms with E-state index in [4.69, 9.17) is 4.98 Å². The van der Waals surface area contributed by atoms with Crippen LogP contribution in [0.5, 0.6) is 0 Å². The summed E-state index contributed by atoms with van der Waals surface area (Å²) in [7, 11) is -3.25. The highest BCUT2D eigenvalue weighted by Gasteiger charge is 2.20. The molecular formula is C23H28N4O3S2. The lowest BCUT2D eigenvalue weighted by molar-refractivity contribution is 0.0947. The number of rotatable bonds is 7. The number of aryl methyl sites for hydroxylation is 1. The lowest BCUT2D eigenvalue weighted by atomic mass is 10.2. The van der Waals surface area contributed by atoms with Gasteiger partial charge in [-0.1, -0.05) is 24.3 Å². The molecule has 1 amide bonds. The summed E-state index contributed by atoms with van der Waals surface area (Å²) in [5.41, 5.74) is 2.78. The van der Waals surface area contributed by atoms with E-state index in [2.05, 4.69) is 40.2 Å². The van der Waals surface area contributed by atoms with Gasteiger partial charge in [-0.2, -0.15) is 0 Å². The maximum Gasteiger partial charge on any atom is 0.251 e. The predicted molar refractivity (Wildman–Crippen MR) is 130 cm³/mol. The average molecular weight is 473 g/mol. The lowest BCUT2D eigenvalue weighted by Gasteiger charge is -2.34. The van der Waals surface area contributed by atoms with E-state index < -0.39 is 9.84 Å². The number of benzene rings is 2. The number of sulfone groups is 1. The van der Waals surface area contributed by atoms with Crippen molar-refractivity contribution in [2.75, 3.05) is 49.9 Å². The molecule has 1 aliphatic rings. The number of hydrogen-bond donors (Lipinski definition) is 1. The molecule has 0 unspecified atom stereocenters. The maximum atomic E-state index is 12.4. The van der Waals surface area contributed by atoms with Gasteiger partial charge >= 0.3 is 0 Å². The SMILES string of the molecule is CCS(=O)(=O)c1ccc(C(=O)NCCN2CCN(c3nc4ccc(C)cc4s3)CC2)cc1. The van der Waals surface area contributed by atoms with Crippen LogP contribution in [0.3, 0.4) is 0 Å². The Bertz CT molecular complexity index is 1200. The van der Waals surface area contributed by atoms with Gasteiger partial charge in [-0.05, 0) is 48.9 Å². The molecule has 1 aromatic heterocycles. The van der Waals surface area contributed by atoms with Crippen LogP contribution in [-0.4, -0.2) is 69.2 Å². The van der Waals surface area contributed by atoms with Gasteiger partial charge < -0.3 is 10.2 Å². The Morgan fingerprint density at radius 1 is 1.09 bits per heavy atom. The number of thiazole rings is 1. The molecule has 0 bridgehead atoms. The first-order valence-electron chi connectivity index (χ1n) is 10.8. The molecule has 9 heteroatoms. The van der Waals surface area contributed by atoms with Crippen LogP contribution in [0, 0.1) is 6.92 Å². The molecule has 1 fully saturated rings. The van der Waals surface area contributed by atoms with E-state index in [-0.39, 0.29) is 16.6 Å². The van der Waals surface area contributed by atoms with Crippen LogP contribution in [0.15, 0.2) is 47.4 Å². The normalized spacial score (nSPS) is 15.2. The molecule has 0 aliphatic carbocycles. The summed E-state index contributed by atoms with van der Waals surface area (Å²) in [4.78, 5) is 22.1. The quantitative estimate of drug-likeness (QED) is 0.569. The molecule has 0 saturated carbocycles. The van der Waals surface area contributed by atoms with Gasteiger partial charge in [0.2, 0.25) is 0 Å². The van der Waals surface area contributed by atoms with E-state index in [1.54, 1.807) is 30.4 Å². The highest BCUT2D eigenvalue weighted by atomic mass is 32.2. The molecule has 1 aliphatic heterocycles. The zero-order valence-electron chi connectivity index (χ0n) is 18.4. The number of piperazine rings is 1. The van der Waals surface area contributed by atoms with Crippen molar-refractivity contribution in [3.05, 3.63) is 53.6 Å². The summed E-state index contributed by atoms with van der Waals surface area (Å²) in [6, 6.07) is 12.5.